The number of nitrogens with zero attached hydrogens (tertiary/aromatic N) is 2. The second-order valence-electron chi connectivity index (χ2n) is 16.8. The highest BCUT2D eigenvalue weighted by atomic mass is 32.2. The molecule has 3 heterocycles. The van der Waals surface area contributed by atoms with Gasteiger partial charge in [-0.3, -0.25) is 0 Å². The molecule has 0 amide bonds. The topological polar surface area (TPSA) is 21.3 Å². The minimum atomic E-state index is -0.572. The highest BCUT2D eigenvalue weighted by Crippen LogP contribution is 2.62. The Morgan fingerprint density at radius 3 is 1.86 bits per heavy atom. The first-order valence-electron chi connectivity index (χ1n) is 21.6. The predicted octanol–water partition coefficient (Wildman–Crippen LogP) is 16.1. The van der Waals surface area contributed by atoms with Crippen LogP contribution in [0.15, 0.2) is 233 Å². The van der Waals surface area contributed by atoms with Gasteiger partial charge in [0.25, 0.3) is 0 Å². The van der Waals surface area contributed by atoms with Crippen LogP contribution in [-0.2, 0) is 5.41 Å². The average Bonchev–Trinajstić information content (AvgIpc) is 3.88. The number of para-hydroxylation sites is 3. The number of fused-ring (bicyclic) bond motifs is 14. The summed E-state index contributed by atoms with van der Waals surface area (Å²) in [5, 5.41) is 7.24. The predicted molar refractivity (Wildman–Crippen MR) is 262 cm³/mol. The molecular formula is C59H36N2OS. The standard InChI is InChI=1S/C59H36N2OS/c1-2-16-38(17-3-1)61-52-24-8-4-18-43(52)44-32-29-41(36-53(44)61)60(39-30-33-55-47(34-39)45-19-5-9-25-54(45)62-55)40-28-31-42-46-20-12-14-37-15-13-23-50(58(37)46)59(51(42)35-40)48-21-6-10-26-56(48)63-57-27-11-7-22-49(57)59/h1-36H. The van der Waals surface area contributed by atoms with Crippen molar-refractivity contribution in [1.82, 2.24) is 4.57 Å². The van der Waals surface area contributed by atoms with Crippen LogP contribution in [-0.4, -0.2) is 4.57 Å². The maximum absolute atomic E-state index is 6.41. The third kappa shape index (κ3) is 4.81. The highest BCUT2D eigenvalue weighted by molar-refractivity contribution is 7.99. The van der Waals surface area contributed by atoms with Gasteiger partial charge in [0.1, 0.15) is 11.2 Å². The lowest BCUT2D eigenvalue weighted by Gasteiger charge is -2.46. The third-order valence-corrected chi connectivity index (χ3v) is 14.8. The molecular weight excluding hydrogens is 785 g/mol. The van der Waals surface area contributed by atoms with Gasteiger partial charge in [0.15, 0.2) is 0 Å². The van der Waals surface area contributed by atoms with Crippen LogP contribution in [0.3, 0.4) is 0 Å². The third-order valence-electron chi connectivity index (χ3n) is 13.6. The number of rotatable bonds is 4. The van der Waals surface area contributed by atoms with Crippen LogP contribution in [0, 0.1) is 0 Å². The normalized spacial score (nSPS) is 13.5. The second kappa shape index (κ2) is 13.1. The van der Waals surface area contributed by atoms with Gasteiger partial charge in [0.05, 0.1) is 16.4 Å². The van der Waals surface area contributed by atoms with Gasteiger partial charge in [-0.25, -0.2) is 0 Å². The summed E-state index contributed by atoms with van der Waals surface area (Å²) in [7, 11) is 0. The molecule has 2 aliphatic rings. The lowest BCUT2D eigenvalue weighted by Crippen LogP contribution is -2.36. The van der Waals surface area contributed by atoms with Gasteiger partial charge in [0, 0.05) is 54.1 Å². The van der Waals surface area contributed by atoms with E-state index < -0.39 is 5.41 Å². The zero-order valence-electron chi connectivity index (χ0n) is 34.0. The van der Waals surface area contributed by atoms with Crippen molar-refractivity contribution in [2.75, 3.05) is 4.90 Å². The maximum atomic E-state index is 6.41. The lowest BCUT2D eigenvalue weighted by molar-refractivity contribution is 0.669. The van der Waals surface area contributed by atoms with E-state index in [0.717, 1.165) is 50.2 Å². The van der Waals surface area contributed by atoms with Gasteiger partial charge in [-0.05, 0) is 123 Å². The van der Waals surface area contributed by atoms with E-state index in [1.165, 1.54) is 70.2 Å². The van der Waals surface area contributed by atoms with Crippen molar-refractivity contribution >= 4 is 83.3 Å². The van der Waals surface area contributed by atoms with Crippen LogP contribution in [0.4, 0.5) is 17.1 Å². The first-order valence-corrected chi connectivity index (χ1v) is 22.4. The zero-order chi connectivity index (χ0) is 41.2. The number of hydrogen-bond acceptors (Lipinski definition) is 3. The molecule has 4 heteroatoms. The summed E-state index contributed by atoms with van der Waals surface area (Å²) in [6.45, 7) is 0. The Hall–Kier alpha value is -7.79. The molecule has 0 N–H and O–H groups in total. The fourth-order valence-corrected chi connectivity index (χ4v) is 12.3. The average molecular weight is 821 g/mol. The van der Waals surface area contributed by atoms with Gasteiger partial charge in [0.2, 0.25) is 0 Å². The number of anilines is 3. The van der Waals surface area contributed by atoms with E-state index in [9.17, 15) is 0 Å². The summed E-state index contributed by atoms with van der Waals surface area (Å²) in [5.41, 5.74) is 15.7. The molecule has 2 aromatic heterocycles. The SMILES string of the molecule is c1ccc(-n2c3ccccc3c3ccc(N(c4ccc5c(c4)C4(c6ccccc6Sc6ccccc64)c4cccc6cccc-5c46)c4ccc5oc6ccccc6c5c4)cc32)cc1. The molecule has 294 valence electrons. The summed E-state index contributed by atoms with van der Waals surface area (Å²) in [4.78, 5) is 5.03. The number of aromatic nitrogens is 1. The summed E-state index contributed by atoms with van der Waals surface area (Å²) < 4.78 is 8.82. The molecule has 0 saturated heterocycles. The molecule has 10 aromatic carbocycles. The summed E-state index contributed by atoms with van der Waals surface area (Å²) in [5.74, 6) is 0. The van der Waals surface area contributed by atoms with Crippen molar-refractivity contribution in [1.29, 1.82) is 0 Å². The summed E-state index contributed by atoms with van der Waals surface area (Å²) >= 11 is 1.88. The van der Waals surface area contributed by atoms with E-state index in [1.807, 2.05) is 17.8 Å². The Kier molecular flexibility index (Phi) is 7.26. The van der Waals surface area contributed by atoms with E-state index in [-0.39, 0.29) is 0 Å². The molecule has 0 bridgehead atoms. The molecule has 63 heavy (non-hydrogen) atoms. The summed E-state index contributed by atoms with van der Waals surface area (Å²) in [6.07, 6.45) is 0. The van der Waals surface area contributed by atoms with Crippen molar-refractivity contribution in [2.45, 2.75) is 15.2 Å². The monoisotopic (exact) mass is 820 g/mol. The first-order chi connectivity index (χ1) is 31.2. The van der Waals surface area contributed by atoms with E-state index in [4.69, 9.17) is 4.42 Å². The molecule has 1 aliphatic carbocycles. The molecule has 1 spiro atoms. The number of hydrogen-bond donors (Lipinski definition) is 0. The van der Waals surface area contributed by atoms with Crippen LogP contribution in [0.2, 0.25) is 0 Å². The van der Waals surface area contributed by atoms with E-state index >= 15 is 0 Å². The van der Waals surface area contributed by atoms with E-state index in [1.54, 1.807) is 0 Å². The van der Waals surface area contributed by atoms with E-state index in [2.05, 4.69) is 222 Å². The van der Waals surface area contributed by atoms with Crippen LogP contribution in [0.1, 0.15) is 22.3 Å². The Labute approximate surface area is 368 Å². The lowest BCUT2D eigenvalue weighted by atomic mass is 9.59. The smallest absolute Gasteiger partial charge is 0.135 e. The maximum Gasteiger partial charge on any atom is 0.135 e. The Morgan fingerprint density at radius 1 is 0.397 bits per heavy atom. The quantitative estimate of drug-likeness (QED) is 0.176. The van der Waals surface area contributed by atoms with Gasteiger partial charge >= 0.3 is 0 Å². The fourth-order valence-electron chi connectivity index (χ4n) is 11.1. The Morgan fingerprint density at radius 2 is 1.02 bits per heavy atom. The van der Waals surface area contributed by atoms with Crippen LogP contribution in [0.5, 0.6) is 0 Å². The van der Waals surface area contributed by atoms with Gasteiger partial charge in [-0.15, -0.1) is 0 Å². The van der Waals surface area contributed by atoms with Crippen LogP contribution < -0.4 is 4.90 Å². The molecule has 0 saturated carbocycles. The van der Waals surface area contributed by atoms with Crippen LogP contribution in [0.25, 0.3) is 71.3 Å². The second-order valence-corrected chi connectivity index (χ2v) is 17.9. The highest BCUT2D eigenvalue weighted by Gasteiger charge is 2.48. The van der Waals surface area contributed by atoms with E-state index in [0.29, 0.717) is 0 Å². The van der Waals surface area contributed by atoms with Crippen molar-refractivity contribution in [2.24, 2.45) is 0 Å². The molecule has 1 aliphatic heterocycles. The first kappa shape index (κ1) is 34.9. The van der Waals surface area contributed by atoms with Gasteiger partial charge in [-0.1, -0.05) is 151 Å². The van der Waals surface area contributed by atoms with Crippen molar-refractivity contribution in [3.05, 3.63) is 241 Å². The van der Waals surface area contributed by atoms with Crippen molar-refractivity contribution < 1.29 is 4.42 Å². The molecule has 0 radical (unpaired) electrons. The largest absolute Gasteiger partial charge is 0.456 e. The molecule has 0 unspecified atom stereocenters. The summed E-state index contributed by atoms with van der Waals surface area (Å²) in [6, 6.07) is 80.6. The minimum absolute atomic E-state index is 0.572. The molecule has 0 fully saturated rings. The van der Waals surface area contributed by atoms with Crippen molar-refractivity contribution in [3.63, 3.8) is 0 Å². The van der Waals surface area contributed by atoms with Gasteiger partial charge < -0.3 is 13.9 Å². The molecule has 12 aromatic rings. The molecule has 14 rings (SSSR count). The van der Waals surface area contributed by atoms with Crippen molar-refractivity contribution in [3.8, 4) is 16.8 Å². The number of benzene rings is 10. The van der Waals surface area contributed by atoms with Crippen LogP contribution >= 0.6 is 11.8 Å². The van der Waals surface area contributed by atoms with Gasteiger partial charge in [-0.2, -0.15) is 0 Å². The zero-order valence-corrected chi connectivity index (χ0v) is 34.8. The number of furan rings is 1. The Balaban J connectivity index is 1.09. The Bertz CT molecular complexity index is 3810. The molecule has 3 nitrogen and oxygen atoms in total. The molecule has 0 atom stereocenters. The minimum Gasteiger partial charge on any atom is -0.456 e. The fraction of sp³-hybridized carbons (Fsp3) is 0.0169.